The van der Waals surface area contributed by atoms with Gasteiger partial charge in [0.1, 0.15) is 0 Å². The van der Waals surface area contributed by atoms with Gasteiger partial charge in [-0.2, -0.15) is 0 Å². The van der Waals surface area contributed by atoms with E-state index in [0.29, 0.717) is 0 Å². The Balaban J connectivity index is 1.31. The van der Waals surface area contributed by atoms with Crippen LogP contribution in [0, 0.1) is 0 Å². The van der Waals surface area contributed by atoms with Gasteiger partial charge in [-0.25, -0.2) is 4.98 Å². The third-order valence-electron chi connectivity index (χ3n) is 8.70. The summed E-state index contributed by atoms with van der Waals surface area (Å²) in [5, 5.41) is 5.10. The van der Waals surface area contributed by atoms with Gasteiger partial charge in [0.2, 0.25) is 5.69 Å². The summed E-state index contributed by atoms with van der Waals surface area (Å²) in [6, 6.07) is 40.4. The first-order chi connectivity index (χ1) is 18.2. The predicted molar refractivity (Wildman–Crippen MR) is 156 cm³/mol. The Kier molecular flexibility index (Phi) is 5.01. The van der Waals surface area contributed by atoms with Crippen LogP contribution >= 0.6 is 0 Å². The summed E-state index contributed by atoms with van der Waals surface area (Å²) in [6.07, 6.45) is 4.29. The minimum absolute atomic E-state index is 0.0998. The van der Waals surface area contributed by atoms with Crippen molar-refractivity contribution in [2.75, 3.05) is 0 Å². The first-order valence-electron chi connectivity index (χ1n) is 13.4. The molecule has 1 nitrogen and oxygen atoms in total. The second-order valence-electron chi connectivity index (χ2n) is 10.3. The Hall–Kier alpha value is -4.23. The molecule has 0 bridgehead atoms. The molecule has 1 heterocycles. The van der Waals surface area contributed by atoms with E-state index < -0.39 is 0 Å². The standard InChI is InChI=1S/C36H29N/c1-3-36(4-2)33-12-8-7-11-30(33)31-19-18-27(23-34(31)36)24-13-15-26(16-14-24)35-32-20-17-25-9-5-6-10-28(25)29(32)21-22-37-35/h5-23H,3-4H2,1-2H3/p+1. The number of aromatic nitrogens is 1. The van der Waals surface area contributed by atoms with E-state index >= 15 is 0 Å². The third kappa shape index (κ3) is 3.20. The predicted octanol–water partition coefficient (Wildman–Crippen LogP) is 9.23. The van der Waals surface area contributed by atoms with Gasteiger partial charge in [-0.3, -0.25) is 0 Å². The molecule has 0 saturated heterocycles. The van der Waals surface area contributed by atoms with Crippen LogP contribution in [0.5, 0.6) is 0 Å². The van der Waals surface area contributed by atoms with E-state index in [4.69, 9.17) is 0 Å². The van der Waals surface area contributed by atoms with Gasteiger partial charge >= 0.3 is 0 Å². The van der Waals surface area contributed by atoms with Crippen LogP contribution in [0.25, 0.3) is 55.1 Å². The Morgan fingerprint density at radius 1 is 0.541 bits per heavy atom. The largest absolute Gasteiger partial charge is 0.218 e. The van der Waals surface area contributed by atoms with Crippen molar-refractivity contribution in [3.8, 4) is 33.5 Å². The van der Waals surface area contributed by atoms with Crippen LogP contribution in [0.3, 0.4) is 0 Å². The van der Waals surface area contributed by atoms with Crippen molar-refractivity contribution >= 4 is 21.5 Å². The average molecular weight is 477 g/mol. The van der Waals surface area contributed by atoms with Gasteiger partial charge < -0.3 is 0 Å². The Labute approximate surface area is 218 Å². The molecule has 0 spiro atoms. The molecule has 0 fully saturated rings. The van der Waals surface area contributed by atoms with Gasteiger partial charge in [-0.05, 0) is 81.3 Å². The van der Waals surface area contributed by atoms with Crippen molar-refractivity contribution in [3.63, 3.8) is 0 Å². The zero-order valence-corrected chi connectivity index (χ0v) is 21.4. The Morgan fingerprint density at radius 3 is 2.08 bits per heavy atom. The number of pyridine rings is 1. The normalized spacial score (nSPS) is 13.6. The first kappa shape index (κ1) is 22.0. The topological polar surface area (TPSA) is 14.1 Å². The highest BCUT2D eigenvalue weighted by Crippen LogP contribution is 2.53. The minimum Gasteiger partial charge on any atom is -0.211 e. The molecule has 6 aromatic rings. The smallest absolute Gasteiger partial charge is 0.211 e. The average Bonchev–Trinajstić information content (AvgIpc) is 3.26. The lowest BCUT2D eigenvalue weighted by Gasteiger charge is -2.30. The van der Waals surface area contributed by atoms with Gasteiger partial charge in [-0.15, -0.1) is 0 Å². The molecule has 0 atom stereocenters. The second-order valence-corrected chi connectivity index (χ2v) is 10.3. The van der Waals surface area contributed by atoms with Crippen molar-refractivity contribution in [1.82, 2.24) is 0 Å². The molecule has 0 unspecified atom stereocenters. The Morgan fingerprint density at radius 2 is 1.24 bits per heavy atom. The van der Waals surface area contributed by atoms with Crippen molar-refractivity contribution in [3.05, 3.63) is 127 Å². The van der Waals surface area contributed by atoms with E-state index in [-0.39, 0.29) is 5.41 Å². The fourth-order valence-corrected chi connectivity index (χ4v) is 6.69. The van der Waals surface area contributed by atoms with E-state index in [0.717, 1.165) is 18.5 Å². The van der Waals surface area contributed by atoms with E-state index in [1.54, 1.807) is 0 Å². The van der Waals surface area contributed by atoms with Crippen LogP contribution in [-0.2, 0) is 5.41 Å². The molecule has 37 heavy (non-hydrogen) atoms. The van der Waals surface area contributed by atoms with Crippen LogP contribution in [-0.4, -0.2) is 0 Å². The molecule has 178 valence electrons. The fraction of sp³-hybridized carbons (Fsp3) is 0.139. The van der Waals surface area contributed by atoms with Crippen LogP contribution in [0.2, 0.25) is 0 Å². The van der Waals surface area contributed by atoms with E-state index in [1.807, 2.05) is 0 Å². The number of benzene rings is 5. The van der Waals surface area contributed by atoms with Crippen molar-refractivity contribution < 1.29 is 4.98 Å². The molecule has 0 aliphatic heterocycles. The molecule has 0 radical (unpaired) electrons. The molecule has 0 saturated carbocycles. The van der Waals surface area contributed by atoms with E-state index in [9.17, 15) is 0 Å². The zero-order chi connectivity index (χ0) is 25.0. The molecule has 7 rings (SSSR count). The summed E-state index contributed by atoms with van der Waals surface area (Å²) in [7, 11) is 0. The van der Waals surface area contributed by atoms with Gasteiger partial charge in [0.15, 0.2) is 6.20 Å². The van der Waals surface area contributed by atoms with Crippen molar-refractivity contribution in [2.24, 2.45) is 0 Å². The number of aromatic amines is 1. The molecule has 1 heteroatoms. The highest BCUT2D eigenvalue weighted by molar-refractivity contribution is 6.10. The highest BCUT2D eigenvalue weighted by Gasteiger charge is 2.40. The fourth-order valence-electron chi connectivity index (χ4n) is 6.69. The Bertz CT molecular complexity index is 1790. The maximum absolute atomic E-state index is 3.52. The third-order valence-corrected chi connectivity index (χ3v) is 8.70. The molecule has 1 aliphatic carbocycles. The van der Waals surface area contributed by atoms with Crippen LogP contribution in [0.1, 0.15) is 37.8 Å². The lowest BCUT2D eigenvalue weighted by atomic mass is 9.73. The monoisotopic (exact) mass is 476 g/mol. The van der Waals surface area contributed by atoms with Gasteiger partial charge in [-0.1, -0.05) is 92.7 Å². The number of nitrogens with one attached hydrogen (secondary N) is 1. The number of hydrogen-bond donors (Lipinski definition) is 0. The molecule has 0 amide bonds. The minimum atomic E-state index is 0.0998. The van der Waals surface area contributed by atoms with E-state index in [2.05, 4.69) is 134 Å². The second kappa shape index (κ2) is 8.42. The number of hydrogen-bond acceptors (Lipinski definition) is 0. The molecule has 1 aromatic heterocycles. The maximum atomic E-state index is 3.52. The number of rotatable bonds is 4. The number of fused-ring (bicyclic) bond motifs is 6. The molecular weight excluding hydrogens is 446 g/mol. The molecule has 1 aliphatic rings. The molecule has 5 aromatic carbocycles. The molecular formula is C36H30N+. The SMILES string of the molecule is CCC1(CC)c2ccccc2-c2ccc(-c3ccc(-c4[nH+]ccc5c4ccc4ccccc45)cc3)cc21. The summed E-state index contributed by atoms with van der Waals surface area (Å²) >= 11 is 0. The summed E-state index contributed by atoms with van der Waals surface area (Å²) < 4.78 is 0. The van der Waals surface area contributed by atoms with Crippen LogP contribution < -0.4 is 4.98 Å². The lowest BCUT2D eigenvalue weighted by Crippen LogP contribution is -2.23. The van der Waals surface area contributed by atoms with Crippen LogP contribution in [0.4, 0.5) is 0 Å². The lowest BCUT2D eigenvalue weighted by molar-refractivity contribution is -0.362. The van der Waals surface area contributed by atoms with Gasteiger partial charge in [0.05, 0.1) is 5.39 Å². The van der Waals surface area contributed by atoms with Gasteiger partial charge in [0, 0.05) is 22.4 Å². The van der Waals surface area contributed by atoms with Crippen molar-refractivity contribution in [2.45, 2.75) is 32.1 Å². The molecule has 1 N–H and O–H groups in total. The summed E-state index contributed by atoms with van der Waals surface area (Å²) in [4.78, 5) is 3.52. The quantitative estimate of drug-likeness (QED) is 0.225. The summed E-state index contributed by atoms with van der Waals surface area (Å²) in [5.41, 5.74) is 10.8. The van der Waals surface area contributed by atoms with Gasteiger partial charge in [0.25, 0.3) is 0 Å². The number of H-pyrrole nitrogens is 1. The van der Waals surface area contributed by atoms with E-state index in [1.165, 1.54) is 60.5 Å². The summed E-state index contributed by atoms with van der Waals surface area (Å²) in [5.74, 6) is 0. The summed E-state index contributed by atoms with van der Waals surface area (Å²) in [6.45, 7) is 4.67. The first-order valence-corrected chi connectivity index (χ1v) is 13.4. The van der Waals surface area contributed by atoms with Crippen molar-refractivity contribution in [1.29, 1.82) is 0 Å². The zero-order valence-electron chi connectivity index (χ0n) is 21.4. The maximum Gasteiger partial charge on any atom is 0.218 e. The highest BCUT2D eigenvalue weighted by atomic mass is 14.7. The van der Waals surface area contributed by atoms with Crippen LogP contribution in [0.15, 0.2) is 115 Å².